The van der Waals surface area contributed by atoms with E-state index in [9.17, 15) is 9.59 Å². The summed E-state index contributed by atoms with van der Waals surface area (Å²) in [6.45, 7) is 1.94. The summed E-state index contributed by atoms with van der Waals surface area (Å²) in [6, 6.07) is 6.97. The number of ether oxygens (including phenoxy) is 1. The minimum atomic E-state index is -0.369. The van der Waals surface area contributed by atoms with Gasteiger partial charge in [0.15, 0.2) is 5.17 Å². The van der Waals surface area contributed by atoms with Gasteiger partial charge in [-0.2, -0.15) is 4.99 Å². The Labute approximate surface area is 139 Å². The molecule has 5 nitrogen and oxygen atoms in total. The second-order valence-electron chi connectivity index (χ2n) is 5.47. The lowest BCUT2D eigenvalue weighted by Gasteiger charge is -2.27. The molecule has 2 heterocycles. The van der Waals surface area contributed by atoms with Crippen LogP contribution in [0.25, 0.3) is 6.08 Å². The average Bonchev–Trinajstić information content (AvgIpc) is 2.96. The number of hydrogen-bond acceptors (Lipinski definition) is 5. The predicted molar refractivity (Wildman–Crippen MR) is 91.2 cm³/mol. The maximum atomic E-state index is 12.1. The van der Waals surface area contributed by atoms with Crippen molar-refractivity contribution in [1.82, 2.24) is 4.90 Å². The number of thioether (sulfide) groups is 1. The van der Waals surface area contributed by atoms with E-state index in [-0.39, 0.29) is 11.9 Å². The lowest BCUT2D eigenvalue weighted by molar-refractivity contribution is -0.113. The molecular weight excluding hydrogens is 312 g/mol. The van der Waals surface area contributed by atoms with Crippen molar-refractivity contribution in [2.24, 2.45) is 4.99 Å². The Morgan fingerprint density at radius 3 is 2.57 bits per heavy atom. The van der Waals surface area contributed by atoms with Crippen LogP contribution in [0.2, 0.25) is 0 Å². The van der Waals surface area contributed by atoms with E-state index < -0.39 is 0 Å². The van der Waals surface area contributed by atoms with E-state index in [2.05, 4.69) is 14.6 Å². The van der Waals surface area contributed by atoms with Gasteiger partial charge in [-0.15, -0.1) is 0 Å². The highest BCUT2D eigenvalue weighted by Crippen LogP contribution is 2.31. The fourth-order valence-electron chi connectivity index (χ4n) is 2.60. The van der Waals surface area contributed by atoms with Crippen molar-refractivity contribution < 1.29 is 14.3 Å². The van der Waals surface area contributed by atoms with Crippen molar-refractivity contribution in [3.05, 3.63) is 40.3 Å². The summed E-state index contributed by atoms with van der Waals surface area (Å²) in [5.41, 5.74) is 1.36. The summed E-state index contributed by atoms with van der Waals surface area (Å²) in [5.74, 6) is -0.557. The number of likely N-dealkylation sites (tertiary alicyclic amines) is 1. The zero-order valence-corrected chi connectivity index (χ0v) is 13.8. The van der Waals surface area contributed by atoms with Gasteiger partial charge >= 0.3 is 5.97 Å². The molecule has 0 atom stereocenters. The normalized spacial score (nSPS) is 19.9. The lowest BCUT2D eigenvalue weighted by Crippen LogP contribution is -2.33. The summed E-state index contributed by atoms with van der Waals surface area (Å²) in [5, 5.41) is 0.812. The van der Waals surface area contributed by atoms with Crippen molar-refractivity contribution in [3.63, 3.8) is 0 Å². The fourth-order valence-corrected chi connectivity index (χ4v) is 3.57. The molecule has 3 rings (SSSR count). The van der Waals surface area contributed by atoms with Crippen LogP contribution in [-0.4, -0.2) is 42.1 Å². The number of rotatable bonds is 2. The van der Waals surface area contributed by atoms with Crippen LogP contribution in [0.4, 0.5) is 0 Å². The molecule has 0 N–H and O–H groups in total. The number of esters is 1. The molecule has 1 amide bonds. The number of carbonyl (C=O) groups excluding carboxylic acids is 2. The predicted octanol–water partition coefficient (Wildman–Crippen LogP) is 2.93. The van der Waals surface area contributed by atoms with Crippen LogP contribution < -0.4 is 0 Å². The molecule has 1 saturated heterocycles. The van der Waals surface area contributed by atoms with Crippen molar-refractivity contribution in [3.8, 4) is 0 Å². The number of benzene rings is 1. The second-order valence-corrected chi connectivity index (χ2v) is 6.48. The van der Waals surface area contributed by atoms with Gasteiger partial charge in [0.1, 0.15) is 0 Å². The third-order valence-corrected chi connectivity index (χ3v) is 4.91. The highest BCUT2D eigenvalue weighted by atomic mass is 32.2. The van der Waals surface area contributed by atoms with Crippen LogP contribution in [0.5, 0.6) is 0 Å². The first-order valence-corrected chi connectivity index (χ1v) is 8.45. The first kappa shape index (κ1) is 15.8. The number of piperidine rings is 1. The number of carbonyl (C=O) groups is 2. The third-order valence-electron chi connectivity index (χ3n) is 3.87. The molecule has 0 bridgehead atoms. The van der Waals surface area contributed by atoms with Crippen molar-refractivity contribution in [2.45, 2.75) is 19.3 Å². The molecule has 0 spiro atoms. The summed E-state index contributed by atoms with van der Waals surface area (Å²) < 4.78 is 4.67. The van der Waals surface area contributed by atoms with Gasteiger partial charge in [-0.05, 0) is 54.8 Å². The Hall–Kier alpha value is -2.08. The van der Waals surface area contributed by atoms with E-state index in [0.29, 0.717) is 10.5 Å². The molecular formula is C17H18N2O3S. The molecule has 1 aromatic carbocycles. The standard InChI is InChI=1S/C17H18N2O3S/c1-22-16(21)13-7-5-12(6-8-13)11-14-15(20)18-17(23-14)19-9-3-2-4-10-19/h5-8,11H,2-4,9-10H2,1H3/b14-11+. The SMILES string of the molecule is COC(=O)c1ccc(/C=C2/SC(N3CCCCC3)=NC2=O)cc1. The Morgan fingerprint density at radius 1 is 1.22 bits per heavy atom. The van der Waals surface area contributed by atoms with Crippen molar-refractivity contribution in [2.75, 3.05) is 20.2 Å². The van der Waals surface area contributed by atoms with Gasteiger partial charge in [-0.3, -0.25) is 4.79 Å². The maximum absolute atomic E-state index is 12.1. The average molecular weight is 330 g/mol. The van der Waals surface area contributed by atoms with Crippen LogP contribution in [0, 0.1) is 0 Å². The Kier molecular flexibility index (Phi) is 4.81. The zero-order chi connectivity index (χ0) is 16.2. The van der Waals surface area contributed by atoms with Crippen molar-refractivity contribution >= 4 is 34.9 Å². The molecule has 0 saturated carbocycles. The molecule has 1 aromatic rings. The number of nitrogens with zero attached hydrogens (tertiary/aromatic N) is 2. The number of methoxy groups -OCH3 is 1. The van der Waals surface area contributed by atoms with Gasteiger partial charge in [-0.1, -0.05) is 12.1 Å². The largest absolute Gasteiger partial charge is 0.465 e. The summed E-state index contributed by atoms with van der Waals surface area (Å²) >= 11 is 1.43. The summed E-state index contributed by atoms with van der Waals surface area (Å²) in [7, 11) is 1.35. The molecule has 2 aliphatic heterocycles. The van der Waals surface area contributed by atoms with Gasteiger partial charge in [0.05, 0.1) is 17.6 Å². The highest BCUT2D eigenvalue weighted by Gasteiger charge is 2.26. The molecule has 0 unspecified atom stereocenters. The van der Waals surface area contributed by atoms with E-state index in [0.717, 1.165) is 36.7 Å². The summed E-state index contributed by atoms with van der Waals surface area (Å²) in [4.78, 5) is 30.5. The number of hydrogen-bond donors (Lipinski definition) is 0. The number of aliphatic imine (C=N–C) groups is 1. The topological polar surface area (TPSA) is 59.0 Å². The number of amidine groups is 1. The van der Waals surface area contributed by atoms with Crippen molar-refractivity contribution in [1.29, 1.82) is 0 Å². The van der Waals surface area contributed by atoms with Crippen LogP contribution in [-0.2, 0) is 9.53 Å². The van der Waals surface area contributed by atoms with E-state index in [4.69, 9.17) is 0 Å². The zero-order valence-electron chi connectivity index (χ0n) is 12.9. The Bertz CT molecular complexity index is 674. The molecule has 23 heavy (non-hydrogen) atoms. The van der Waals surface area contributed by atoms with Gasteiger partial charge in [0, 0.05) is 13.1 Å². The van der Waals surface area contributed by atoms with Gasteiger partial charge < -0.3 is 9.64 Å². The van der Waals surface area contributed by atoms with Gasteiger partial charge in [0.25, 0.3) is 5.91 Å². The first-order valence-electron chi connectivity index (χ1n) is 7.63. The third kappa shape index (κ3) is 3.64. The first-order chi connectivity index (χ1) is 11.2. The minimum Gasteiger partial charge on any atom is -0.465 e. The maximum Gasteiger partial charge on any atom is 0.337 e. The molecule has 120 valence electrons. The van der Waals surface area contributed by atoms with E-state index in [1.54, 1.807) is 24.3 Å². The van der Waals surface area contributed by atoms with E-state index in [1.165, 1.54) is 25.3 Å². The monoisotopic (exact) mass is 330 g/mol. The molecule has 2 aliphatic rings. The molecule has 0 radical (unpaired) electrons. The lowest BCUT2D eigenvalue weighted by atomic mass is 10.1. The van der Waals surface area contributed by atoms with Crippen LogP contribution in [0.3, 0.4) is 0 Å². The van der Waals surface area contributed by atoms with Crippen LogP contribution >= 0.6 is 11.8 Å². The van der Waals surface area contributed by atoms with Gasteiger partial charge in [-0.25, -0.2) is 4.79 Å². The highest BCUT2D eigenvalue weighted by molar-refractivity contribution is 8.18. The minimum absolute atomic E-state index is 0.187. The Morgan fingerprint density at radius 2 is 1.91 bits per heavy atom. The number of amides is 1. The smallest absolute Gasteiger partial charge is 0.337 e. The van der Waals surface area contributed by atoms with Crippen LogP contribution in [0.15, 0.2) is 34.2 Å². The summed E-state index contributed by atoms with van der Waals surface area (Å²) in [6.07, 6.45) is 5.37. The van der Waals surface area contributed by atoms with Crippen LogP contribution in [0.1, 0.15) is 35.2 Å². The molecule has 1 fully saturated rings. The van der Waals surface area contributed by atoms with Gasteiger partial charge in [0.2, 0.25) is 0 Å². The molecule has 6 heteroatoms. The van der Waals surface area contributed by atoms with E-state index in [1.807, 2.05) is 6.08 Å². The fraction of sp³-hybridized carbons (Fsp3) is 0.353. The Balaban J connectivity index is 1.71. The second kappa shape index (κ2) is 7.00. The quantitative estimate of drug-likeness (QED) is 0.616. The molecule has 0 aromatic heterocycles. The molecule has 0 aliphatic carbocycles. The van der Waals surface area contributed by atoms with E-state index >= 15 is 0 Å².